The van der Waals surface area contributed by atoms with Gasteiger partial charge in [0.15, 0.2) is 11.6 Å². The van der Waals surface area contributed by atoms with Gasteiger partial charge in [-0.2, -0.15) is 0 Å². The van der Waals surface area contributed by atoms with Crippen molar-refractivity contribution in [3.63, 3.8) is 0 Å². The van der Waals surface area contributed by atoms with Crippen molar-refractivity contribution in [3.8, 4) is 5.75 Å². The second-order valence-corrected chi connectivity index (χ2v) is 7.25. The number of halogens is 4. The van der Waals surface area contributed by atoms with Crippen LogP contribution < -0.4 is 10.1 Å². The van der Waals surface area contributed by atoms with E-state index in [2.05, 4.69) is 15.0 Å². The fourth-order valence-electron chi connectivity index (χ4n) is 4.16. The van der Waals surface area contributed by atoms with E-state index < -0.39 is 29.8 Å². The number of hydrogen-bond donors (Lipinski definition) is 1. The highest BCUT2D eigenvalue weighted by Gasteiger charge is 2.53. The number of ether oxygens (including phenoxy) is 2. The van der Waals surface area contributed by atoms with Gasteiger partial charge in [0.25, 0.3) is 0 Å². The van der Waals surface area contributed by atoms with Crippen molar-refractivity contribution >= 4 is 11.6 Å². The summed E-state index contributed by atoms with van der Waals surface area (Å²) in [6.07, 6.45) is -2.42. The Labute approximate surface area is 165 Å². The maximum absolute atomic E-state index is 14.4. The van der Waals surface area contributed by atoms with Gasteiger partial charge in [-0.1, -0.05) is 6.07 Å². The number of aryl methyl sites for hydroxylation is 1. The van der Waals surface area contributed by atoms with Crippen LogP contribution in [0.25, 0.3) is 0 Å². The predicted molar refractivity (Wildman–Crippen MR) is 96.9 cm³/mol. The predicted octanol–water partition coefficient (Wildman–Crippen LogP) is 4.57. The number of carbonyl (C=O) groups excluding carboxylic acids is 1. The Kier molecular flexibility index (Phi) is 4.94. The van der Waals surface area contributed by atoms with Crippen molar-refractivity contribution in [3.05, 3.63) is 53.6 Å². The van der Waals surface area contributed by atoms with Gasteiger partial charge in [0.2, 0.25) is 5.91 Å². The summed E-state index contributed by atoms with van der Waals surface area (Å²) in [7, 11) is 0. The van der Waals surface area contributed by atoms with E-state index in [0.29, 0.717) is 12.1 Å². The van der Waals surface area contributed by atoms with Crippen LogP contribution in [0.1, 0.15) is 31.4 Å². The number of amides is 1. The monoisotopic (exact) mass is 412 g/mol. The first-order valence-electron chi connectivity index (χ1n) is 9.16. The van der Waals surface area contributed by atoms with Crippen LogP contribution in [0.2, 0.25) is 0 Å². The second kappa shape index (κ2) is 7.29. The first-order chi connectivity index (χ1) is 13.7. The molecule has 0 unspecified atom stereocenters. The smallest absolute Gasteiger partial charge is 0.403 e. The van der Waals surface area contributed by atoms with E-state index in [4.69, 9.17) is 4.74 Å². The Hall–Kier alpha value is -2.68. The van der Waals surface area contributed by atoms with E-state index in [0.717, 1.165) is 18.1 Å². The number of anilines is 1. The van der Waals surface area contributed by atoms with Gasteiger partial charge in [0.05, 0.1) is 23.8 Å². The summed E-state index contributed by atoms with van der Waals surface area (Å²) < 4.78 is 61.3. The van der Waals surface area contributed by atoms with E-state index >= 15 is 0 Å². The minimum Gasteiger partial charge on any atom is -0.403 e. The summed E-state index contributed by atoms with van der Waals surface area (Å²) >= 11 is 0. The maximum atomic E-state index is 14.4. The van der Waals surface area contributed by atoms with E-state index in [1.807, 2.05) is 19.1 Å². The van der Waals surface area contributed by atoms with Crippen molar-refractivity contribution in [1.29, 1.82) is 0 Å². The largest absolute Gasteiger partial charge is 0.573 e. The fraction of sp³-hybridized carbons (Fsp3) is 0.400. The van der Waals surface area contributed by atoms with Crippen molar-refractivity contribution < 1.29 is 33.3 Å². The van der Waals surface area contributed by atoms with Gasteiger partial charge in [-0.25, -0.2) is 4.39 Å². The SMILES string of the molecule is Cc1ccnc([C@H]2[C@@H](C(=O)Nc3cccc(OC(F)(F)F)c3F)[C@H]3CC[C@@H]2O3)c1.[HH]. The molecule has 2 aliphatic heterocycles. The van der Waals surface area contributed by atoms with Crippen molar-refractivity contribution in [2.24, 2.45) is 5.92 Å². The summed E-state index contributed by atoms with van der Waals surface area (Å²) in [5.74, 6) is -3.72. The molecule has 0 radical (unpaired) electrons. The van der Waals surface area contributed by atoms with Crippen LogP contribution in [-0.4, -0.2) is 29.5 Å². The van der Waals surface area contributed by atoms with E-state index in [1.165, 1.54) is 12.1 Å². The molecule has 2 bridgehead atoms. The highest BCUT2D eigenvalue weighted by atomic mass is 19.4. The summed E-state index contributed by atoms with van der Waals surface area (Å²) in [6, 6.07) is 6.93. The van der Waals surface area contributed by atoms with Crippen LogP contribution in [0.4, 0.5) is 23.2 Å². The molecule has 3 heterocycles. The van der Waals surface area contributed by atoms with Gasteiger partial charge in [-0.15, -0.1) is 13.2 Å². The van der Waals surface area contributed by atoms with Crippen LogP contribution in [0.5, 0.6) is 5.75 Å². The Morgan fingerprint density at radius 1 is 1.28 bits per heavy atom. The standard InChI is InChI=1S/C20H18F4N2O3.H2/c1-10-7-8-25-12(9-10)16-13-5-6-14(28-13)17(16)19(27)26-11-3-2-4-15(18(11)21)29-20(22,23)24;/h2-4,7-9,13-14,16-17H,5-6H2,1H3,(H,26,27);1H/t13-,14+,16+,17-;/m0./s1. The highest BCUT2D eigenvalue weighted by molar-refractivity contribution is 5.94. The fourth-order valence-corrected chi connectivity index (χ4v) is 4.16. The zero-order valence-electron chi connectivity index (χ0n) is 15.4. The molecule has 2 saturated heterocycles. The summed E-state index contributed by atoms with van der Waals surface area (Å²) in [5, 5.41) is 2.41. The number of rotatable bonds is 4. The van der Waals surface area contributed by atoms with Gasteiger partial charge in [0.1, 0.15) is 0 Å². The Morgan fingerprint density at radius 2 is 2.03 bits per heavy atom. The van der Waals surface area contributed by atoms with Gasteiger partial charge < -0.3 is 14.8 Å². The lowest BCUT2D eigenvalue weighted by atomic mass is 9.76. The number of benzene rings is 1. The lowest BCUT2D eigenvalue weighted by Crippen LogP contribution is -2.36. The van der Waals surface area contributed by atoms with Crippen molar-refractivity contribution in [2.45, 2.75) is 44.3 Å². The number of nitrogens with one attached hydrogen (secondary N) is 1. The molecule has 4 atom stereocenters. The molecule has 0 saturated carbocycles. The lowest BCUT2D eigenvalue weighted by Gasteiger charge is -2.27. The third-order valence-electron chi connectivity index (χ3n) is 5.30. The average molecular weight is 412 g/mol. The summed E-state index contributed by atoms with van der Waals surface area (Å²) in [5.41, 5.74) is 1.32. The quantitative estimate of drug-likeness (QED) is 0.748. The number of alkyl halides is 3. The van der Waals surface area contributed by atoms with Gasteiger partial charge >= 0.3 is 6.36 Å². The first-order valence-corrected chi connectivity index (χ1v) is 9.16. The molecule has 1 amide bonds. The number of nitrogens with zero attached hydrogens (tertiary/aromatic N) is 1. The number of pyridine rings is 1. The number of carbonyl (C=O) groups is 1. The third kappa shape index (κ3) is 3.91. The zero-order valence-corrected chi connectivity index (χ0v) is 15.4. The Morgan fingerprint density at radius 3 is 2.76 bits per heavy atom. The van der Waals surface area contributed by atoms with Gasteiger partial charge in [-0.3, -0.25) is 9.78 Å². The van der Waals surface area contributed by atoms with Crippen molar-refractivity contribution in [1.82, 2.24) is 4.98 Å². The van der Waals surface area contributed by atoms with Crippen LogP contribution in [0.15, 0.2) is 36.5 Å². The molecule has 2 aliphatic rings. The molecule has 2 aromatic rings. The number of fused-ring (bicyclic) bond motifs is 2. The van der Waals surface area contributed by atoms with Gasteiger partial charge in [-0.05, 0) is 49.6 Å². The third-order valence-corrected chi connectivity index (χ3v) is 5.30. The number of aromatic nitrogens is 1. The van der Waals surface area contributed by atoms with Crippen LogP contribution in [0, 0.1) is 18.7 Å². The molecule has 9 heteroatoms. The molecular formula is C20H20F4N2O3. The Bertz CT molecular complexity index is 941. The average Bonchev–Trinajstić information content (AvgIpc) is 3.25. The first kappa shape index (κ1) is 19.6. The maximum Gasteiger partial charge on any atom is 0.573 e. The van der Waals surface area contributed by atoms with Crippen LogP contribution in [-0.2, 0) is 9.53 Å². The molecular weight excluding hydrogens is 392 g/mol. The normalized spacial score (nSPS) is 25.8. The molecule has 0 aliphatic carbocycles. The summed E-state index contributed by atoms with van der Waals surface area (Å²) in [4.78, 5) is 17.3. The minimum absolute atomic E-state index is 0. The van der Waals surface area contributed by atoms with Crippen LogP contribution >= 0.6 is 0 Å². The van der Waals surface area contributed by atoms with E-state index in [1.54, 1.807) is 6.20 Å². The molecule has 156 valence electrons. The molecule has 2 fully saturated rings. The van der Waals surface area contributed by atoms with E-state index in [9.17, 15) is 22.4 Å². The molecule has 1 aromatic carbocycles. The zero-order chi connectivity index (χ0) is 20.8. The van der Waals surface area contributed by atoms with Crippen LogP contribution in [0.3, 0.4) is 0 Å². The number of hydrogen-bond acceptors (Lipinski definition) is 4. The minimum atomic E-state index is -5.04. The van der Waals surface area contributed by atoms with Crippen molar-refractivity contribution in [2.75, 3.05) is 5.32 Å². The molecule has 1 N–H and O–H groups in total. The van der Waals surface area contributed by atoms with Gasteiger partial charge in [0, 0.05) is 19.2 Å². The molecule has 0 spiro atoms. The Balaban J connectivity index is 0.00000256. The van der Waals surface area contributed by atoms with E-state index in [-0.39, 0.29) is 25.2 Å². The summed E-state index contributed by atoms with van der Waals surface area (Å²) in [6.45, 7) is 1.91. The molecule has 1 aromatic heterocycles. The molecule has 29 heavy (non-hydrogen) atoms. The topological polar surface area (TPSA) is 60.5 Å². The lowest BCUT2D eigenvalue weighted by molar-refractivity contribution is -0.275. The molecule has 5 nitrogen and oxygen atoms in total. The second-order valence-electron chi connectivity index (χ2n) is 7.25. The molecule has 4 rings (SSSR count). The highest BCUT2D eigenvalue weighted by Crippen LogP contribution is 2.49.